The number of hydrogen-bond acceptors (Lipinski definition) is 5. The van der Waals surface area contributed by atoms with Gasteiger partial charge in [0.2, 0.25) is 5.91 Å². The molecule has 0 aliphatic carbocycles. The van der Waals surface area contributed by atoms with E-state index in [2.05, 4.69) is 41.7 Å². The van der Waals surface area contributed by atoms with Crippen LogP contribution in [0, 0.1) is 13.8 Å². The summed E-state index contributed by atoms with van der Waals surface area (Å²) in [6, 6.07) is 19.1. The van der Waals surface area contributed by atoms with Crippen LogP contribution in [0.1, 0.15) is 47.9 Å². The van der Waals surface area contributed by atoms with Crippen molar-refractivity contribution < 1.29 is 24.2 Å². The van der Waals surface area contributed by atoms with E-state index < -0.39 is 12.0 Å². The van der Waals surface area contributed by atoms with Gasteiger partial charge >= 0.3 is 12.0 Å². The Bertz CT molecular complexity index is 1680. The molecular formula is C35H39N5O5. The minimum atomic E-state index is -0.969. The number of urea groups is 1. The molecule has 3 N–H and O–H groups in total. The summed E-state index contributed by atoms with van der Waals surface area (Å²) < 4.78 is 7.82. The summed E-state index contributed by atoms with van der Waals surface area (Å²) in [5.41, 5.74) is 8.04. The fourth-order valence-electron chi connectivity index (χ4n) is 5.56. The number of rotatable bonds is 12. The Labute approximate surface area is 263 Å². The highest BCUT2D eigenvalue weighted by molar-refractivity contribution is 5.96. The summed E-state index contributed by atoms with van der Waals surface area (Å²) in [7, 11) is 0. The number of amides is 3. The number of aryl methyl sites for hydroxylation is 1. The van der Waals surface area contributed by atoms with Crippen LogP contribution in [0.5, 0.6) is 5.75 Å². The molecule has 0 fully saturated rings. The maximum absolute atomic E-state index is 13.3. The van der Waals surface area contributed by atoms with Crippen LogP contribution >= 0.6 is 0 Å². The van der Waals surface area contributed by atoms with Crippen LogP contribution in [-0.4, -0.2) is 52.5 Å². The quantitative estimate of drug-likeness (QED) is 0.171. The zero-order valence-corrected chi connectivity index (χ0v) is 25.7. The normalized spacial score (nSPS) is 12.4. The van der Waals surface area contributed by atoms with Gasteiger partial charge in [0.15, 0.2) is 0 Å². The van der Waals surface area contributed by atoms with E-state index in [-0.39, 0.29) is 18.9 Å². The van der Waals surface area contributed by atoms with Crippen molar-refractivity contribution in [2.75, 3.05) is 29.9 Å². The number of fused-ring (bicyclic) bond motifs is 1. The maximum atomic E-state index is 13.3. The van der Waals surface area contributed by atoms with Gasteiger partial charge in [0.1, 0.15) is 5.75 Å². The van der Waals surface area contributed by atoms with Crippen LogP contribution in [0.15, 0.2) is 73.1 Å². The van der Waals surface area contributed by atoms with Crippen LogP contribution in [0.3, 0.4) is 0 Å². The molecule has 0 unspecified atom stereocenters. The summed E-state index contributed by atoms with van der Waals surface area (Å²) in [4.78, 5) is 38.0. The first-order valence-electron chi connectivity index (χ1n) is 15.3. The van der Waals surface area contributed by atoms with Crippen molar-refractivity contribution in [3.8, 4) is 16.9 Å². The summed E-state index contributed by atoms with van der Waals surface area (Å²) in [6.45, 7) is 5.86. The van der Waals surface area contributed by atoms with E-state index in [0.717, 1.165) is 52.1 Å². The number of carbonyl (C=O) groups excluding carboxylic acids is 2. The third-order valence-corrected chi connectivity index (χ3v) is 8.00. The highest BCUT2D eigenvalue weighted by Gasteiger charge is 2.24. The Morgan fingerprint density at radius 1 is 1.02 bits per heavy atom. The van der Waals surface area contributed by atoms with Crippen molar-refractivity contribution in [3.63, 3.8) is 0 Å². The Hall–Kier alpha value is -5.12. The highest BCUT2D eigenvalue weighted by Crippen LogP contribution is 2.36. The Morgan fingerprint density at radius 3 is 2.69 bits per heavy atom. The van der Waals surface area contributed by atoms with Crippen molar-refractivity contribution >= 4 is 29.3 Å². The van der Waals surface area contributed by atoms with E-state index >= 15 is 0 Å². The van der Waals surface area contributed by atoms with Crippen LogP contribution < -0.4 is 20.3 Å². The van der Waals surface area contributed by atoms with Gasteiger partial charge in [0.05, 0.1) is 25.8 Å². The zero-order chi connectivity index (χ0) is 31.8. The lowest BCUT2D eigenvalue weighted by Crippen LogP contribution is -2.35. The molecule has 0 saturated carbocycles. The van der Waals surface area contributed by atoms with Gasteiger partial charge in [-0.15, -0.1) is 0 Å². The number of hydrogen-bond donors (Lipinski definition) is 3. The lowest BCUT2D eigenvalue weighted by Gasteiger charge is -2.31. The predicted molar refractivity (Wildman–Crippen MR) is 174 cm³/mol. The first kappa shape index (κ1) is 31.3. The van der Waals surface area contributed by atoms with Gasteiger partial charge in [-0.1, -0.05) is 36.4 Å². The van der Waals surface area contributed by atoms with E-state index in [4.69, 9.17) is 9.84 Å². The van der Waals surface area contributed by atoms with Crippen molar-refractivity contribution in [1.29, 1.82) is 0 Å². The largest absolute Gasteiger partial charge is 0.493 e. The molecule has 10 nitrogen and oxygen atoms in total. The second-order valence-electron chi connectivity index (χ2n) is 11.3. The molecule has 1 aromatic heterocycles. The van der Waals surface area contributed by atoms with Gasteiger partial charge in [-0.3, -0.25) is 14.3 Å². The highest BCUT2D eigenvalue weighted by atomic mass is 16.5. The van der Waals surface area contributed by atoms with Gasteiger partial charge in [0.25, 0.3) is 0 Å². The number of carbonyl (C=O) groups is 3. The smallest absolute Gasteiger partial charge is 0.319 e. The van der Waals surface area contributed by atoms with Crippen LogP contribution in [0.25, 0.3) is 11.1 Å². The molecule has 0 saturated heterocycles. The van der Waals surface area contributed by atoms with Crippen LogP contribution in [0.2, 0.25) is 0 Å². The lowest BCUT2D eigenvalue weighted by atomic mass is 9.93. The van der Waals surface area contributed by atoms with Gasteiger partial charge in [-0.2, -0.15) is 5.10 Å². The second-order valence-corrected chi connectivity index (χ2v) is 11.3. The average molecular weight is 610 g/mol. The van der Waals surface area contributed by atoms with E-state index in [1.807, 2.05) is 64.4 Å². The molecule has 4 aromatic rings. The van der Waals surface area contributed by atoms with Crippen molar-refractivity contribution in [1.82, 2.24) is 15.1 Å². The average Bonchev–Trinajstić information content (AvgIpc) is 3.48. The number of benzene rings is 3. The van der Waals surface area contributed by atoms with Crippen LogP contribution in [-0.2, 0) is 22.6 Å². The van der Waals surface area contributed by atoms with Gasteiger partial charge in [-0.05, 0) is 85.2 Å². The molecule has 10 heteroatoms. The monoisotopic (exact) mass is 609 g/mol. The van der Waals surface area contributed by atoms with Gasteiger partial charge in [-0.25, -0.2) is 4.79 Å². The number of anilines is 2. The molecule has 2 heterocycles. The Kier molecular flexibility index (Phi) is 10.1. The predicted octanol–water partition coefficient (Wildman–Crippen LogP) is 5.95. The summed E-state index contributed by atoms with van der Waals surface area (Å²) in [6.07, 6.45) is 6.56. The molecule has 0 spiro atoms. The number of carboxylic acid groups (broad SMARTS) is 1. The fourth-order valence-corrected chi connectivity index (χ4v) is 5.56. The number of nitrogens with zero attached hydrogens (tertiary/aromatic N) is 3. The Morgan fingerprint density at radius 2 is 1.84 bits per heavy atom. The third-order valence-electron chi connectivity index (χ3n) is 8.00. The molecule has 5 rings (SSSR count). The first-order chi connectivity index (χ1) is 21.8. The first-order valence-corrected chi connectivity index (χ1v) is 15.3. The van der Waals surface area contributed by atoms with E-state index in [1.54, 1.807) is 6.07 Å². The molecule has 234 valence electrons. The summed E-state index contributed by atoms with van der Waals surface area (Å²) >= 11 is 0. The maximum Gasteiger partial charge on any atom is 0.319 e. The minimum Gasteiger partial charge on any atom is -0.493 e. The lowest BCUT2D eigenvalue weighted by molar-refractivity contribution is -0.136. The number of aromatic nitrogens is 2. The number of carboxylic acids is 1. The minimum absolute atomic E-state index is 0.0508. The third kappa shape index (κ3) is 8.08. The van der Waals surface area contributed by atoms with Gasteiger partial charge in [0, 0.05) is 42.6 Å². The van der Waals surface area contributed by atoms with Crippen molar-refractivity contribution in [3.05, 3.63) is 95.3 Å². The molecule has 3 aromatic carbocycles. The molecule has 1 aliphatic heterocycles. The van der Waals surface area contributed by atoms with E-state index in [1.165, 1.54) is 5.56 Å². The van der Waals surface area contributed by atoms with Crippen molar-refractivity contribution in [2.24, 2.45) is 0 Å². The molecule has 0 bridgehead atoms. The topological polar surface area (TPSA) is 126 Å². The molecular weight excluding hydrogens is 570 g/mol. The second kappa shape index (κ2) is 14.6. The van der Waals surface area contributed by atoms with E-state index in [9.17, 15) is 14.4 Å². The molecule has 1 aliphatic rings. The number of ether oxygens (including phenoxy) is 1. The standard InChI is InChI=1S/C35H39N5O5/c1-24-8-3-14-32(25(24)2)45-19-7-15-33(41)40-18-6-12-30-29(11-5-13-31(30)40)27-21-37-39(23-27)22-26-9-4-10-28(20-26)38-35(44)36-17-16-34(42)43/h3-5,8-11,13-14,20-21,23H,6-7,12,15-19,22H2,1-2H3,(H,42,43)(H2,36,38,44). The molecule has 3 amide bonds. The van der Waals surface area contributed by atoms with Gasteiger partial charge < -0.3 is 25.4 Å². The van der Waals surface area contributed by atoms with Crippen LogP contribution in [0.4, 0.5) is 16.2 Å². The SMILES string of the molecule is Cc1cccc(OCCCC(=O)N2CCCc3c(-c4cnn(Cc5cccc(NC(=O)NCCC(=O)O)c5)c4)cccc32)c1C. The summed E-state index contributed by atoms with van der Waals surface area (Å²) in [5.74, 6) is 0.0126. The molecule has 0 atom stereocenters. The van der Waals surface area contributed by atoms with E-state index in [0.29, 0.717) is 38.2 Å². The Balaban J connectivity index is 1.20. The number of nitrogens with one attached hydrogen (secondary N) is 2. The summed E-state index contributed by atoms with van der Waals surface area (Å²) in [5, 5.41) is 18.6. The van der Waals surface area contributed by atoms with Crippen molar-refractivity contribution in [2.45, 2.75) is 52.5 Å². The fraction of sp³-hybridized carbons (Fsp3) is 0.314. The number of aliphatic carboxylic acids is 1. The molecule has 45 heavy (non-hydrogen) atoms. The zero-order valence-electron chi connectivity index (χ0n) is 25.7. The molecule has 0 radical (unpaired) electrons.